The molecular formula is C28H30N2O7S. The highest BCUT2D eigenvalue weighted by molar-refractivity contribution is 7.99. The van der Waals surface area contributed by atoms with Gasteiger partial charge in [-0.2, -0.15) is 4.73 Å². The Balaban J connectivity index is 1.52. The fourth-order valence-corrected chi connectivity index (χ4v) is 5.25. The summed E-state index contributed by atoms with van der Waals surface area (Å²) in [7, 11) is 0. The molecule has 3 aromatic rings. The van der Waals surface area contributed by atoms with Gasteiger partial charge in [0.2, 0.25) is 5.91 Å². The minimum absolute atomic E-state index is 0.0321. The molecule has 4 unspecified atom stereocenters. The molecule has 0 spiro atoms. The largest absolute Gasteiger partial charge is 0.618 e. The van der Waals surface area contributed by atoms with Crippen LogP contribution in [0.4, 0.5) is 5.69 Å². The lowest BCUT2D eigenvalue weighted by molar-refractivity contribution is -0.645. The van der Waals surface area contributed by atoms with Gasteiger partial charge in [0.25, 0.3) is 5.03 Å². The number of nitrogens with zero attached hydrogens (tertiary/aromatic N) is 1. The number of nitrogens with one attached hydrogen (secondary N) is 1. The highest BCUT2D eigenvalue weighted by atomic mass is 32.2. The van der Waals surface area contributed by atoms with Crippen LogP contribution in [0, 0.1) is 11.1 Å². The second-order valence-corrected chi connectivity index (χ2v) is 10.1. The topological polar surface area (TPSA) is 132 Å². The van der Waals surface area contributed by atoms with Crippen molar-refractivity contribution in [3.8, 4) is 0 Å². The monoisotopic (exact) mass is 538 g/mol. The Morgan fingerprint density at radius 2 is 1.71 bits per heavy atom. The third kappa shape index (κ3) is 7.11. The molecule has 4 atom stereocenters. The van der Waals surface area contributed by atoms with Crippen LogP contribution < -0.4 is 10.0 Å². The summed E-state index contributed by atoms with van der Waals surface area (Å²) in [5, 5.41) is 33.6. The SMILES string of the molecule is CC1C(CSc2cccc[n+]2[O-])OC(c2ccc(NC(=O)CCC(=O)O)cc2)OC1c1ccc(CO)cc1. The predicted molar refractivity (Wildman–Crippen MR) is 141 cm³/mol. The molecule has 1 aliphatic heterocycles. The van der Waals surface area contributed by atoms with Gasteiger partial charge in [0, 0.05) is 41.5 Å². The summed E-state index contributed by atoms with van der Waals surface area (Å²) in [5.41, 5.74) is 3.06. The van der Waals surface area contributed by atoms with Crippen LogP contribution >= 0.6 is 11.8 Å². The van der Waals surface area contributed by atoms with Crippen LogP contribution in [0.3, 0.4) is 0 Å². The van der Waals surface area contributed by atoms with E-state index in [0.29, 0.717) is 16.5 Å². The molecule has 1 aliphatic rings. The van der Waals surface area contributed by atoms with Gasteiger partial charge < -0.3 is 30.2 Å². The predicted octanol–water partition coefficient (Wildman–Crippen LogP) is 4.20. The summed E-state index contributed by atoms with van der Waals surface area (Å²) >= 11 is 1.42. The number of rotatable bonds is 10. The van der Waals surface area contributed by atoms with Crippen LogP contribution in [0.2, 0.25) is 0 Å². The summed E-state index contributed by atoms with van der Waals surface area (Å²) in [6.45, 7) is 2.01. The third-order valence-corrected chi connectivity index (χ3v) is 7.45. The molecule has 1 saturated heterocycles. The first-order valence-corrected chi connectivity index (χ1v) is 13.3. The Labute approximate surface area is 225 Å². The van der Waals surface area contributed by atoms with E-state index < -0.39 is 12.3 Å². The minimum atomic E-state index is -1.03. The summed E-state index contributed by atoms with van der Waals surface area (Å²) in [6.07, 6.45) is -0.0977. The van der Waals surface area contributed by atoms with E-state index in [1.54, 1.807) is 36.4 Å². The lowest BCUT2D eigenvalue weighted by Crippen LogP contribution is -2.39. The number of aliphatic hydroxyl groups excluding tert-OH is 1. The van der Waals surface area contributed by atoms with Gasteiger partial charge in [0.15, 0.2) is 12.5 Å². The van der Waals surface area contributed by atoms with E-state index in [2.05, 4.69) is 12.2 Å². The quantitative estimate of drug-likeness (QED) is 0.199. The number of carbonyl (C=O) groups is 2. The number of aromatic nitrogens is 1. The number of aliphatic hydroxyl groups is 1. The zero-order chi connectivity index (χ0) is 27.1. The number of amides is 1. The van der Waals surface area contributed by atoms with Gasteiger partial charge in [0.05, 0.1) is 25.2 Å². The van der Waals surface area contributed by atoms with Gasteiger partial charge in [-0.05, 0) is 29.3 Å². The minimum Gasteiger partial charge on any atom is -0.618 e. The Kier molecular flexibility index (Phi) is 9.35. The lowest BCUT2D eigenvalue weighted by atomic mass is 9.91. The molecule has 0 bridgehead atoms. The Morgan fingerprint density at radius 3 is 2.37 bits per heavy atom. The van der Waals surface area contributed by atoms with Crippen molar-refractivity contribution in [3.05, 3.63) is 94.8 Å². The number of pyridine rings is 1. The van der Waals surface area contributed by atoms with Crippen molar-refractivity contribution in [2.24, 2.45) is 5.92 Å². The van der Waals surface area contributed by atoms with Gasteiger partial charge in [-0.15, -0.1) is 0 Å². The third-order valence-electron chi connectivity index (χ3n) is 6.34. The van der Waals surface area contributed by atoms with Crippen LogP contribution in [-0.2, 0) is 25.7 Å². The molecule has 0 saturated carbocycles. The molecule has 4 rings (SSSR count). The Bertz CT molecular complexity index is 1240. The molecule has 3 N–H and O–H groups in total. The Morgan fingerprint density at radius 1 is 1.00 bits per heavy atom. The number of thioether (sulfide) groups is 1. The first kappa shape index (κ1) is 27.6. The fraction of sp³-hybridized carbons (Fsp3) is 0.321. The molecule has 2 aromatic carbocycles. The van der Waals surface area contributed by atoms with Gasteiger partial charge in [-0.3, -0.25) is 9.59 Å². The molecule has 200 valence electrons. The van der Waals surface area contributed by atoms with E-state index in [9.17, 15) is 19.9 Å². The van der Waals surface area contributed by atoms with Crippen molar-refractivity contribution >= 4 is 29.3 Å². The standard InChI is InChI=1S/C28H30N2O7S/c1-18-23(17-38-25-4-2-3-15-30(25)35)36-28(37-27(18)20-7-5-19(16-31)6-8-20)21-9-11-22(12-10-21)29-24(32)13-14-26(33)34/h2-12,15,18,23,27-28,31H,13-14,16-17H2,1H3,(H,29,32)(H,33,34). The van der Waals surface area contributed by atoms with Gasteiger partial charge in [-0.1, -0.05) is 55.1 Å². The van der Waals surface area contributed by atoms with E-state index >= 15 is 0 Å². The average molecular weight is 539 g/mol. The summed E-state index contributed by atoms with van der Waals surface area (Å²) < 4.78 is 13.6. The van der Waals surface area contributed by atoms with Gasteiger partial charge >= 0.3 is 5.97 Å². The first-order valence-electron chi connectivity index (χ1n) is 12.3. The fourth-order valence-electron chi connectivity index (χ4n) is 4.17. The van der Waals surface area contributed by atoms with Crippen LogP contribution in [0.15, 0.2) is 78.0 Å². The second-order valence-electron chi connectivity index (χ2n) is 9.06. The normalized spacial score (nSPS) is 21.1. The smallest absolute Gasteiger partial charge is 0.303 e. The van der Waals surface area contributed by atoms with Crippen molar-refractivity contribution in [2.45, 2.75) is 49.9 Å². The molecule has 0 radical (unpaired) electrons. The number of benzene rings is 2. The molecule has 1 amide bonds. The lowest BCUT2D eigenvalue weighted by Gasteiger charge is -2.41. The maximum atomic E-state index is 12.1. The average Bonchev–Trinajstić information content (AvgIpc) is 2.92. The highest BCUT2D eigenvalue weighted by Crippen LogP contribution is 2.43. The van der Waals surface area contributed by atoms with E-state index in [1.807, 2.05) is 30.3 Å². The molecule has 38 heavy (non-hydrogen) atoms. The second kappa shape index (κ2) is 12.9. The number of carboxylic acids is 1. The van der Waals surface area contributed by atoms with Crippen molar-refractivity contribution in [3.63, 3.8) is 0 Å². The summed E-state index contributed by atoms with van der Waals surface area (Å²) in [4.78, 5) is 22.7. The van der Waals surface area contributed by atoms with Gasteiger partial charge in [-0.25, -0.2) is 0 Å². The van der Waals surface area contributed by atoms with Crippen molar-refractivity contribution in [1.82, 2.24) is 0 Å². The molecule has 9 nitrogen and oxygen atoms in total. The molecule has 1 aromatic heterocycles. The number of hydrogen-bond donors (Lipinski definition) is 3. The first-order chi connectivity index (χ1) is 18.3. The molecular weight excluding hydrogens is 508 g/mol. The highest BCUT2D eigenvalue weighted by Gasteiger charge is 2.38. The zero-order valence-corrected chi connectivity index (χ0v) is 21.7. The van der Waals surface area contributed by atoms with Crippen molar-refractivity contribution in [2.75, 3.05) is 11.1 Å². The van der Waals surface area contributed by atoms with E-state index in [-0.39, 0.29) is 43.5 Å². The zero-order valence-electron chi connectivity index (χ0n) is 20.9. The number of carbonyl (C=O) groups excluding carboxylic acids is 1. The Hall–Kier alpha value is -3.44. The number of anilines is 1. The summed E-state index contributed by atoms with van der Waals surface area (Å²) in [6, 6.07) is 19.9. The number of ether oxygens (including phenoxy) is 2. The van der Waals surface area contributed by atoms with E-state index in [0.717, 1.165) is 21.4 Å². The maximum absolute atomic E-state index is 12.1. The van der Waals surface area contributed by atoms with Crippen LogP contribution in [0.5, 0.6) is 0 Å². The molecule has 0 aliphatic carbocycles. The van der Waals surface area contributed by atoms with Gasteiger partial charge in [0.1, 0.15) is 0 Å². The molecule has 10 heteroatoms. The summed E-state index contributed by atoms with van der Waals surface area (Å²) in [5.74, 6) is -0.896. The van der Waals surface area contributed by atoms with Crippen LogP contribution in [0.1, 0.15) is 48.8 Å². The number of hydrogen-bond acceptors (Lipinski definition) is 7. The van der Waals surface area contributed by atoms with E-state index in [1.165, 1.54) is 18.0 Å². The van der Waals surface area contributed by atoms with E-state index in [4.69, 9.17) is 14.6 Å². The molecule has 2 heterocycles. The van der Waals surface area contributed by atoms with Crippen molar-refractivity contribution in [1.29, 1.82) is 0 Å². The van der Waals surface area contributed by atoms with Crippen LogP contribution in [0.25, 0.3) is 0 Å². The van der Waals surface area contributed by atoms with Crippen LogP contribution in [-0.4, -0.2) is 33.9 Å². The number of aliphatic carboxylic acids is 1. The number of carboxylic acid groups (broad SMARTS) is 1. The maximum Gasteiger partial charge on any atom is 0.303 e. The molecule has 1 fully saturated rings. The van der Waals surface area contributed by atoms with Crippen molar-refractivity contribution < 1.29 is 34.0 Å².